The van der Waals surface area contributed by atoms with Gasteiger partial charge in [0.25, 0.3) is 0 Å². The van der Waals surface area contributed by atoms with Crippen molar-refractivity contribution in [2.24, 2.45) is 5.73 Å². The summed E-state index contributed by atoms with van der Waals surface area (Å²) in [4.78, 5) is 0. The van der Waals surface area contributed by atoms with Gasteiger partial charge in [0.15, 0.2) is 0 Å². The molecule has 0 aliphatic rings. The molecule has 1 aromatic carbocycles. The van der Waals surface area contributed by atoms with Crippen LogP contribution in [0.4, 0.5) is 8.78 Å². The molecule has 2 N–H and O–H groups in total. The molecule has 0 saturated carbocycles. The maximum Gasteiger partial charge on any atom is 0.123 e. The molecule has 1 nitrogen and oxygen atoms in total. The SMILES string of the molecule is NCC(F)Cc1cc(F)ccc1Cl. The minimum absolute atomic E-state index is 0.0626. The lowest BCUT2D eigenvalue weighted by Gasteiger charge is -2.06. The number of benzene rings is 1. The van der Waals surface area contributed by atoms with Crippen LogP contribution >= 0.6 is 11.6 Å². The zero-order valence-electron chi connectivity index (χ0n) is 6.93. The summed E-state index contributed by atoms with van der Waals surface area (Å²) in [7, 11) is 0. The lowest BCUT2D eigenvalue weighted by molar-refractivity contribution is 0.340. The van der Waals surface area contributed by atoms with Crippen LogP contribution in [0.5, 0.6) is 0 Å². The first-order chi connectivity index (χ1) is 6.13. The van der Waals surface area contributed by atoms with Gasteiger partial charge in [0, 0.05) is 18.0 Å². The quantitative estimate of drug-likeness (QED) is 0.805. The molecule has 0 fully saturated rings. The third kappa shape index (κ3) is 2.94. The van der Waals surface area contributed by atoms with Crippen molar-refractivity contribution in [2.45, 2.75) is 12.6 Å². The van der Waals surface area contributed by atoms with Gasteiger partial charge in [0.05, 0.1) is 0 Å². The number of halogens is 3. The van der Waals surface area contributed by atoms with Gasteiger partial charge in [-0.3, -0.25) is 0 Å². The first-order valence-electron chi connectivity index (χ1n) is 3.91. The Kier molecular flexibility index (Phi) is 3.63. The van der Waals surface area contributed by atoms with Gasteiger partial charge >= 0.3 is 0 Å². The molecule has 1 atom stereocenters. The molecule has 0 aliphatic carbocycles. The van der Waals surface area contributed by atoms with E-state index in [4.69, 9.17) is 17.3 Å². The van der Waals surface area contributed by atoms with Crippen molar-refractivity contribution < 1.29 is 8.78 Å². The summed E-state index contributed by atoms with van der Waals surface area (Å²) >= 11 is 5.72. The highest BCUT2D eigenvalue weighted by molar-refractivity contribution is 6.31. The van der Waals surface area contributed by atoms with Gasteiger partial charge in [-0.15, -0.1) is 0 Å². The second-order valence-electron chi connectivity index (χ2n) is 2.77. The fraction of sp³-hybridized carbons (Fsp3) is 0.333. The Bertz CT molecular complexity index is 291. The largest absolute Gasteiger partial charge is 0.328 e. The molecule has 0 radical (unpaired) electrons. The van der Waals surface area contributed by atoms with Crippen LogP contribution in [0.3, 0.4) is 0 Å². The average Bonchev–Trinajstić information content (AvgIpc) is 2.11. The lowest BCUT2D eigenvalue weighted by Crippen LogP contribution is -2.17. The molecule has 4 heteroatoms. The van der Waals surface area contributed by atoms with Crippen LogP contribution in [0.25, 0.3) is 0 Å². The molecule has 0 spiro atoms. The van der Waals surface area contributed by atoms with Crippen LogP contribution in [0.15, 0.2) is 18.2 Å². The summed E-state index contributed by atoms with van der Waals surface area (Å²) < 4.78 is 25.5. The molecule has 0 amide bonds. The molecule has 72 valence electrons. The Morgan fingerprint density at radius 2 is 2.15 bits per heavy atom. The Hall–Kier alpha value is -0.670. The van der Waals surface area contributed by atoms with Crippen LogP contribution in [-0.2, 0) is 6.42 Å². The van der Waals surface area contributed by atoms with E-state index in [1.807, 2.05) is 0 Å². The molecular formula is C9H10ClF2N. The summed E-state index contributed by atoms with van der Waals surface area (Å²) in [5.41, 5.74) is 5.55. The van der Waals surface area contributed by atoms with Crippen molar-refractivity contribution in [3.63, 3.8) is 0 Å². The van der Waals surface area contributed by atoms with Gasteiger partial charge in [-0.2, -0.15) is 0 Å². The molecule has 1 unspecified atom stereocenters. The van der Waals surface area contributed by atoms with E-state index >= 15 is 0 Å². The zero-order valence-corrected chi connectivity index (χ0v) is 7.69. The summed E-state index contributed by atoms with van der Waals surface area (Å²) in [5.74, 6) is -0.413. The topological polar surface area (TPSA) is 26.0 Å². The van der Waals surface area contributed by atoms with Crippen molar-refractivity contribution in [1.29, 1.82) is 0 Å². The van der Waals surface area contributed by atoms with Crippen LogP contribution in [0.1, 0.15) is 5.56 Å². The number of hydrogen-bond acceptors (Lipinski definition) is 1. The van der Waals surface area contributed by atoms with E-state index in [0.717, 1.165) is 0 Å². The predicted molar refractivity (Wildman–Crippen MR) is 49.1 cm³/mol. The van der Waals surface area contributed by atoms with Gasteiger partial charge in [-0.1, -0.05) is 11.6 Å². The van der Waals surface area contributed by atoms with Crippen molar-refractivity contribution in [1.82, 2.24) is 0 Å². The molecule has 13 heavy (non-hydrogen) atoms. The highest BCUT2D eigenvalue weighted by Crippen LogP contribution is 2.19. The zero-order chi connectivity index (χ0) is 9.84. The monoisotopic (exact) mass is 205 g/mol. The van der Waals surface area contributed by atoms with Gasteiger partial charge in [-0.25, -0.2) is 8.78 Å². The standard InChI is InChI=1S/C9H10ClF2N/c10-9-2-1-7(11)3-6(9)4-8(12)5-13/h1-3,8H,4-5,13H2. The highest BCUT2D eigenvalue weighted by Gasteiger charge is 2.09. The normalized spacial score (nSPS) is 12.9. The highest BCUT2D eigenvalue weighted by atomic mass is 35.5. The van der Waals surface area contributed by atoms with E-state index in [1.54, 1.807) is 0 Å². The maximum absolute atomic E-state index is 12.8. The maximum atomic E-state index is 12.8. The third-order valence-electron chi connectivity index (χ3n) is 1.70. The molecule has 0 aliphatic heterocycles. The van der Waals surface area contributed by atoms with Gasteiger partial charge < -0.3 is 5.73 Å². The summed E-state index contributed by atoms with van der Waals surface area (Å²) in [6.45, 7) is -0.0765. The third-order valence-corrected chi connectivity index (χ3v) is 2.07. The fourth-order valence-electron chi connectivity index (χ4n) is 1.02. The van der Waals surface area contributed by atoms with Crippen LogP contribution in [0, 0.1) is 5.82 Å². The van der Waals surface area contributed by atoms with Gasteiger partial charge in [0.2, 0.25) is 0 Å². The molecule has 0 saturated heterocycles. The lowest BCUT2D eigenvalue weighted by atomic mass is 10.1. The molecule has 0 aromatic heterocycles. The summed E-state index contributed by atoms with van der Waals surface area (Å²) in [6, 6.07) is 3.88. The molecule has 1 aromatic rings. The predicted octanol–water partition coefficient (Wildman–Crippen LogP) is 2.32. The van der Waals surface area contributed by atoms with E-state index in [1.165, 1.54) is 18.2 Å². The van der Waals surface area contributed by atoms with E-state index in [0.29, 0.717) is 10.6 Å². The van der Waals surface area contributed by atoms with E-state index in [-0.39, 0.29) is 13.0 Å². The molecule has 1 rings (SSSR count). The Balaban J connectivity index is 2.81. The van der Waals surface area contributed by atoms with Crippen molar-refractivity contribution in [2.75, 3.05) is 6.54 Å². The van der Waals surface area contributed by atoms with E-state index in [2.05, 4.69) is 0 Å². The van der Waals surface area contributed by atoms with E-state index in [9.17, 15) is 8.78 Å². The molecule has 0 bridgehead atoms. The van der Waals surface area contributed by atoms with Crippen LogP contribution in [-0.4, -0.2) is 12.7 Å². The summed E-state index contributed by atoms with van der Waals surface area (Å²) in [5, 5.41) is 0.373. The second-order valence-corrected chi connectivity index (χ2v) is 3.18. The van der Waals surface area contributed by atoms with Gasteiger partial charge in [-0.05, 0) is 23.8 Å². The second kappa shape index (κ2) is 4.53. The molecule has 0 heterocycles. The average molecular weight is 206 g/mol. The number of hydrogen-bond donors (Lipinski definition) is 1. The minimum atomic E-state index is -1.17. The van der Waals surface area contributed by atoms with Crippen molar-refractivity contribution in [3.8, 4) is 0 Å². The van der Waals surface area contributed by atoms with Gasteiger partial charge in [0.1, 0.15) is 12.0 Å². The number of nitrogens with two attached hydrogens (primary N) is 1. The number of rotatable bonds is 3. The van der Waals surface area contributed by atoms with Crippen LogP contribution < -0.4 is 5.73 Å². The van der Waals surface area contributed by atoms with Crippen molar-refractivity contribution >= 4 is 11.6 Å². The fourth-order valence-corrected chi connectivity index (χ4v) is 1.22. The smallest absolute Gasteiger partial charge is 0.123 e. The Morgan fingerprint density at radius 3 is 2.77 bits per heavy atom. The number of alkyl halides is 1. The Morgan fingerprint density at radius 1 is 1.46 bits per heavy atom. The van der Waals surface area contributed by atoms with Crippen molar-refractivity contribution in [3.05, 3.63) is 34.6 Å². The van der Waals surface area contributed by atoms with E-state index < -0.39 is 12.0 Å². The summed E-state index contributed by atoms with van der Waals surface area (Å²) in [6.07, 6.45) is -1.10. The molecular weight excluding hydrogens is 196 g/mol. The first kappa shape index (κ1) is 10.4. The van der Waals surface area contributed by atoms with Crippen LogP contribution in [0.2, 0.25) is 5.02 Å². The Labute approximate surface area is 80.5 Å². The first-order valence-corrected chi connectivity index (χ1v) is 4.29. The minimum Gasteiger partial charge on any atom is -0.328 e.